The van der Waals surface area contributed by atoms with E-state index in [2.05, 4.69) is 4.90 Å². The summed E-state index contributed by atoms with van der Waals surface area (Å²) in [6, 6.07) is 0.492. The lowest BCUT2D eigenvalue weighted by molar-refractivity contribution is -0.118. The summed E-state index contributed by atoms with van der Waals surface area (Å²) in [4.78, 5) is 13.6. The van der Waals surface area contributed by atoms with Crippen LogP contribution >= 0.6 is 0 Å². The normalized spacial score (nSPS) is 32.3. The van der Waals surface area contributed by atoms with Crippen LogP contribution in [0.5, 0.6) is 0 Å². The van der Waals surface area contributed by atoms with E-state index in [-0.39, 0.29) is 0 Å². The standard InChI is InChI=1S/C12H21NO2/c1-10(14)8-11-4-2-6-13(11)9-12-5-3-7-15-12/h11-12H,2-9H2,1H3. The molecule has 3 nitrogen and oxygen atoms in total. The smallest absolute Gasteiger partial charge is 0.131 e. The van der Waals surface area contributed by atoms with Crippen LogP contribution in [0.15, 0.2) is 0 Å². The fraction of sp³-hybridized carbons (Fsp3) is 0.917. The number of ketones is 1. The molecule has 0 aromatic carbocycles. The molecule has 15 heavy (non-hydrogen) atoms. The molecule has 0 aromatic heterocycles. The van der Waals surface area contributed by atoms with E-state index in [1.807, 2.05) is 0 Å². The quantitative estimate of drug-likeness (QED) is 0.707. The summed E-state index contributed by atoms with van der Waals surface area (Å²) < 4.78 is 5.64. The maximum atomic E-state index is 11.1. The topological polar surface area (TPSA) is 29.5 Å². The van der Waals surface area contributed by atoms with Gasteiger partial charge in [-0.1, -0.05) is 0 Å². The molecule has 2 saturated heterocycles. The van der Waals surface area contributed by atoms with Gasteiger partial charge < -0.3 is 4.74 Å². The first-order chi connectivity index (χ1) is 7.25. The second kappa shape index (κ2) is 5.08. The van der Waals surface area contributed by atoms with Crippen LogP contribution in [0.3, 0.4) is 0 Å². The van der Waals surface area contributed by atoms with E-state index in [1.165, 1.54) is 25.7 Å². The Morgan fingerprint density at radius 1 is 1.40 bits per heavy atom. The van der Waals surface area contributed by atoms with Gasteiger partial charge in [0.25, 0.3) is 0 Å². The first kappa shape index (κ1) is 11.1. The first-order valence-corrected chi connectivity index (χ1v) is 6.11. The summed E-state index contributed by atoms with van der Waals surface area (Å²) in [6.07, 6.45) is 5.99. The number of hydrogen-bond acceptors (Lipinski definition) is 3. The zero-order valence-corrected chi connectivity index (χ0v) is 9.58. The van der Waals surface area contributed by atoms with Gasteiger partial charge in [-0.05, 0) is 39.2 Å². The van der Waals surface area contributed by atoms with E-state index in [9.17, 15) is 4.79 Å². The minimum atomic E-state index is 0.319. The molecule has 0 saturated carbocycles. The minimum Gasteiger partial charge on any atom is -0.377 e. The third kappa shape index (κ3) is 3.02. The van der Waals surface area contributed by atoms with E-state index >= 15 is 0 Å². The summed E-state index contributed by atoms with van der Waals surface area (Å²) in [5.41, 5.74) is 0. The van der Waals surface area contributed by atoms with E-state index in [0.717, 1.165) is 26.1 Å². The van der Waals surface area contributed by atoms with Gasteiger partial charge in [-0.2, -0.15) is 0 Å². The zero-order chi connectivity index (χ0) is 10.7. The third-order valence-corrected chi connectivity index (χ3v) is 3.48. The maximum absolute atomic E-state index is 11.1. The molecule has 86 valence electrons. The Morgan fingerprint density at radius 3 is 2.93 bits per heavy atom. The second-order valence-corrected chi connectivity index (χ2v) is 4.83. The lowest BCUT2D eigenvalue weighted by atomic mass is 10.1. The van der Waals surface area contributed by atoms with E-state index < -0.39 is 0 Å². The van der Waals surface area contributed by atoms with E-state index in [4.69, 9.17) is 4.74 Å². The Balaban J connectivity index is 1.81. The Hall–Kier alpha value is -0.410. The average Bonchev–Trinajstić information content (AvgIpc) is 2.78. The van der Waals surface area contributed by atoms with Gasteiger partial charge in [0.15, 0.2) is 0 Å². The lowest BCUT2D eigenvalue weighted by Crippen LogP contribution is -2.37. The Labute approximate surface area is 91.8 Å². The van der Waals surface area contributed by atoms with Gasteiger partial charge in [-0.15, -0.1) is 0 Å². The molecule has 0 spiro atoms. The first-order valence-electron chi connectivity index (χ1n) is 6.11. The minimum absolute atomic E-state index is 0.319. The monoisotopic (exact) mass is 211 g/mol. The van der Waals surface area contributed by atoms with Crippen LogP contribution in [0.25, 0.3) is 0 Å². The molecule has 2 aliphatic heterocycles. The average molecular weight is 211 g/mol. The fourth-order valence-electron chi connectivity index (χ4n) is 2.75. The molecule has 2 aliphatic rings. The fourth-order valence-corrected chi connectivity index (χ4v) is 2.75. The largest absolute Gasteiger partial charge is 0.377 e. The molecule has 2 unspecified atom stereocenters. The maximum Gasteiger partial charge on any atom is 0.131 e. The van der Waals surface area contributed by atoms with Gasteiger partial charge in [0, 0.05) is 25.6 Å². The second-order valence-electron chi connectivity index (χ2n) is 4.83. The highest BCUT2D eigenvalue weighted by Gasteiger charge is 2.28. The van der Waals surface area contributed by atoms with Crippen molar-refractivity contribution >= 4 is 5.78 Å². The van der Waals surface area contributed by atoms with Crippen LogP contribution in [-0.2, 0) is 9.53 Å². The summed E-state index contributed by atoms with van der Waals surface area (Å²) in [5, 5.41) is 0. The lowest BCUT2D eigenvalue weighted by Gasteiger charge is -2.26. The van der Waals surface area contributed by atoms with Crippen LogP contribution in [0.4, 0.5) is 0 Å². The third-order valence-electron chi connectivity index (χ3n) is 3.48. The molecule has 2 fully saturated rings. The molecule has 0 aromatic rings. The van der Waals surface area contributed by atoms with Crippen molar-refractivity contribution in [3.05, 3.63) is 0 Å². The molecule has 2 heterocycles. The summed E-state index contributed by atoms with van der Waals surface area (Å²) in [6.45, 7) is 4.81. The number of carbonyl (C=O) groups is 1. The molecule has 2 rings (SSSR count). The van der Waals surface area contributed by atoms with Gasteiger partial charge in [0.05, 0.1) is 6.10 Å². The van der Waals surface area contributed by atoms with Crippen LogP contribution in [-0.4, -0.2) is 42.5 Å². The molecular formula is C12H21NO2. The molecule has 0 aliphatic carbocycles. The van der Waals surface area contributed by atoms with Gasteiger partial charge in [0.1, 0.15) is 5.78 Å². The van der Waals surface area contributed by atoms with Gasteiger partial charge in [0.2, 0.25) is 0 Å². The SMILES string of the molecule is CC(=O)CC1CCCN1CC1CCCO1. The summed E-state index contributed by atoms with van der Waals surface area (Å²) >= 11 is 0. The van der Waals surface area contributed by atoms with Crippen LogP contribution < -0.4 is 0 Å². The van der Waals surface area contributed by atoms with E-state index in [1.54, 1.807) is 6.92 Å². The van der Waals surface area contributed by atoms with Crippen molar-refractivity contribution in [3.63, 3.8) is 0 Å². The van der Waals surface area contributed by atoms with Crippen molar-refractivity contribution in [1.29, 1.82) is 0 Å². The number of carbonyl (C=O) groups excluding carboxylic acids is 1. The molecule has 0 bridgehead atoms. The highest BCUT2D eigenvalue weighted by Crippen LogP contribution is 2.23. The Bertz CT molecular complexity index is 224. The Kier molecular flexibility index (Phi) is 3.76. The predicted octanol–water partition coefficient (Wildman–Crippen LogP) is 1.61. The van der Waals surface area contributed by atoms with Gasteiger partial charge in [-0.25, -0.2) is 0 Å². The van der Waals surface area contributed by atoms with Crippen molar-refractivity contribution in [3.8, 4) is 0 Å². The van der Waals surface area contributed by atoms with Crippen LogP contribution in [0.1, 0.15) is 39.0 Å². The van der Waals surface area contributed by atoms with Crippen LogP contribution in [0.2, 0.25) is 0 Å². The molecule has 3 heteroatoms. The van der Waals surface area contributed by atoms with Crippen molar-refractivity contribution < 1.29 is 9.53 Å². The van der Waals surface area contributed by atoms with Gasteiger partial charge >= 0.3 is 0 Å². The Morgan fingerprint density at radius 2 is 2.27 bits per heavy atom. The molecule has 0 amide bonds. The number of rotatable bonds is 4. The molecule has 0 N–H and O–H groups in total. The number of nitrogens with zero attached hydrogens (tertiary/aromatic N) is 1. The number of hydrogen-bond donors (Lipinski definition) is 0. The van der Waals surface area contributed by atoms with E-state index in [0.29, 0.717) is 17.9 Å². The molecular weight excluding hydrogens is 190 g/mol. The number of Topliss-reactive ketones (excluding diaryl/α,β-unsaturated/α-hetero) is 1. The molecule has 2 atom stereocenters. The highest BCUT2D eigenvalue weighted by atomic mass is 16.5. The van der Waals surface area contributed by atoms with Gasteiger partial charge in [-0.3, -0.25) is 9.69 Å². The van der Waals surface area contributed by atoms with Crippen LogP contribution in [0, 0.1) is 0 Å². The number of ether oxygens (including phenoxy) is 1. The highest BCUT2D eigenvalue weighted by molar-refractivity contribution is 5.76. The number of likely N-dealkylation sites (tertiary alicyclic amines) is 1. The van der Waals surface area contributed by atoms with Crippen molar-refractivity contribution in [2.75, 3.05) is 19.7 Å². The van der Waals surface area contributed by atoms with Crippen molar-refractivity contribution in [1.82, 2.24) is 4.90 Å². The summed E-state index contributed by atoms with van der Waals surface area (Å²) in [7, 11) is 0. The van der Waals surface area contributed by atoms with Crippen molar-refractivity contribution in [2.45, 2.75) is 51.2 Å². The predicted molar refractivity (Wildman–Crippen MR) is 58.9 cm³/mol. The zero-order valence-electron chi connectivity index (χ0n) is 9.58. The molecule has 0 radical (unpaired) electrons. The summed E-state index contributed by atoms with van der Waals surface area (Å²) in [5.74, 6) is 0.319. The van der Waals surface area contributed by atoms with Crippen molar-refractivity contribution in [2.24, 2.45) is 0 Å².